The second-order valence-corrected chi connectivity index (χ2v) is 9.66. The summed E-state index contributed by atoms with van der Waals surface area (Å²) in [7, 11) is 1.20. The second-order valence-electron chi connectivity index (χ2n) is 8.56. The monoisotopic (exact) mass is 516 g/mol. The van der Waals surface area contributed by atoms with Crippen molar-refractivity contribution < 1.29 is 47.8 Å². The Bertz CT molecular complexity index is 842. The van der Waals surface area contributed by atoms with Gasteiger partial charge in [-0.2, -0.15) is 0 Å². The molecule has 1 fully saturated rings. The van der Waals surface area contributed by atoms with Crippen molar-refractivity contribution in [2.75, 3.05) is 32.6 Å². The van der Waals surface area contributed by atoms with Gasteiger partial charge >= 0.3 is 12.1 Å². The molecular formula is C22H32N2O10S. The molecule has 1 rings (SSSR count). The lowest BCUT2D eigenvalue weighted by Gasteiger charge is -2.35. The van der Waals surface area contributed by atoms with Crippen molar-refractivity contribution >= 4 is 52.4 Å². The standard InChI is InChI=1S/C22H32N2O10S/c1-13(15(26)11-14(25)5-6-17(28)32-4)20(30)35-10-9-23-16(27)7-8-24-19(29)18-22(2,3)12-33-21(31)34-18/h13,18H,5-12H2,1-4H3,(H,23,27)(H,24,29)/t13?,18-/m0/s1. The number of hydrogen-bond acceptors (Lipinski definition) is 11. The summed E-state index contributed by atoms with van der Waals surface area (Å²) in [6, 6.07) is 0. The summed E-state index contributed by atoms with van der Waals surface area (Å²) in [5.41, 5.74) is -0.709. The summed E-state index contributed by atoms with van der Waals surface area (Å²) >= 11 is 0.861. The fraction of sp³-hybridized carbons (Fsp3) is 0.682. The van der Waals surface area contributed by atoms with Crippen molar-refractivity contribution in [1.82, 2.24) is 10.6 Å². The molecule has 0 bridgehead atoms. The number of hydrogen-bond donors (Lipinski definition) is 2. The van der Waals surface area contributed by atoms with Gasteiger partial charge in [0.25, 0.3) is 5.91 Å². The molecule has 13 heteroatoms. The Morgan fingerprint density at radius 3 is 2.43 bits per heavy atom. The predicted octanol–water partition coefficient (Wildman–Crippen LogP) is 0.548. The number of Topliss-reactive ketones (excluding diaryl/α,β-unsaturated/α-hetero) is 2. The number of esters is 1. The summed E-state index contributed by atoms with van der Waals surface area (Å²) in [6.07, 6.45) is -2.65. The topological polar surface area (TPSA) is 171 Å². The lowest BCUT2D eigenvalue weighted by molar-refractivity contribution is -0.149. The van der Waals surface area contributed by atoms with Gasteiger partial charge in [-0.3, -0.25) is 28.8 Å². The van der Waals surface area contributed by atoms with Gasteiger partial charge in [0.2, 0.25) is 5.91 Å². The number of nitrogens with one attached hydrogen (secondary N) is 2. The predicted molar refractivity (Wildman–Crippen MR) is 123 cm³/mol. The first-order chi connectivity index (χ1) is 16.4. The van der Waals surface area contributed by atoms with E-state index in [1.165, 1.54) is 14.0 Å². The minimum Gasteiger partial charge on any atom is -0.469 e. The van der Waals surface area contributed by atoms with Crippen LogP contribution in [0.5, 0.6) is 0 Å². The third-order valence-corrected chi connectivity index (χ3v) is 6.13. The Morgan fingerprint density at radius 1 is 1.09 bits per heavy atom. The van der Waals surface area contributed by atoms with Crippen molar-refractivity contribution in [1.29, 1.82) is 0 Å². The molecule has 0 aliphatic carbocycles. The average molecular weight is 517 g/mol. The number of amides is 2. The van der Waals surface area contributed by atoms with Crippen LogP contribution in [0.3, 0.4) is 0 Å². The highest BCUT2D eigenvalue weighted by atomic mass is 32.2. The molecule has 0 aromatic heterocycles. The number of ether oxygens (including phenoxy) is 3. The van der Waals surface area contributed by atoms with Crippen LogP contribution in [-0.4, -0.2) is 79.3 Å². The fourth-order valence-electron chi connectivity index (χ4n) is 2.88. The van der Waals surface area contributed by atoms with Crippen LogP contribution in [0, 0.1) is 11.3 Å². The first-order valence-electron chi connectivity index (χ1n) is 11.0. The van der Waals surface area contributed by atoms with Crippen molar-refractivity contribution in [3.63, 3.8) is 0 Å². The zero-order chi connectivity index (χ0) is 26.6. The third kappa shape index (κ3) is 10.9. The van der Waals surface area contributed by atoms with Gasteiger partial charge in [0, 0.05) is 37.1 Å². The summed E-state index contributed by atoms with van der Waals surface area (Å²) in [4.78, 5) is 82.5. The Kier molecular flexibility index (Phi) is 12.4. The van der Waals surface area contributed by atoms with Crippen LogP contribution in [-0.2, 0) is 43.0 Å². The summed E-state index contributed by atoms with van der Waals surface area (Å²) in [5, 5.41) is 4.72. The van der Waals surface area contributed by atoms with Gasteiger partial charge in [0.1, 0.15) is 12.4 Å². The van der Waals surface area contributed by atoms with E-state index >= 15 is 0 Å². The van der Waals surface area contributed by atoms with Gasteiger partial charge in [-0.25, -0.2) is 4.79 Å². The van der Waals surface area contributed by atoms with E-state index < -0.39 is 58.6 Å². The molecule has 1 aliphatic heterocycles. The molecule has 1 aliphatic rings. The first kappa shape index (κ1) is 30.1. The molecule has 35 heavy (non-hydrogen) atoms. The first-order valence-corrected chi connectivity index (χ1v) is 12.0. The molecule has 1 heterocycles. The maximum absolute atomic E-state index is 12.3. The zero-order valence-electron chi connectivity index (χ0n) is 20.3. The van der Waals surface area contributed by atoms with Crippen molar-refractivity contribution in [2.24, 2.45) is 11.3 Å². The van der Waals surface area contributed by atoms with Crippen LogP contribution in [0.4, 0.5) is 4.79 Å². The molecule has 0 saturated carbocycles. The van der Waals surface area contributed by atoms with Gasteiger partial charge in [0.05, 0.1) is 25.9 Å². The van der Waals surface area contributed by atoms with Crippen LogP contribution in [0.15, 0.2) is 0 Å². The van der Waals surface area contributed by atoms with E-state index in [0.717, 1.165) is 11.8 Å². The van der Waals surface area contributed by atoms with Crippen LogP contribution < -0.4 is 10.6 Å². The largest absolute Gasteiger partial charge is 0.509 e. The molecule has 0 aromatic rings. The maximum Gasteiger partial charge on any atom is 0.509 e. The number of thioether (sulfide) groups is 1. The lowest BCUT2D eigenvalue weighted by atomic mass is 9.86. The molecule has 196 valence electrons. The number of rotatable bonds is 14. The zero-order valence-corrected chi connectivity index (χ0v) is 21.1. The van der Waals surface area contributed by atoms with Gasteiger partial charge in [-0.1, -0.05) is 25.6 Å². The Balaban J connectivity index is 2.24. The van der Waals surface area contributed by atoms with E-state index in [4.69, 9.17) is 9.47 Å². The molecule has 2 N–H and O–H groups in total. The van der Waals surface area contributed by atoms with E-state index in [0.29, 0.717) is 0 Å². The number of carbonyl (C=O) groups is 7. The molecule has 0 aromatic carbocycles. The lowest BCUT2D eigenvalue weighted by Crippen LogP contribution is -2.52. The van der Waals surface area contributed by atoms with Crippen molar-refractivity contribution in [2.45, 2.75) is 52.6 Å². The number of cyclic esters (lactones) is 2. The quantitative estimate of drug-likeness (QED) is 0.188. The van der Waals surface area contributed by atoms with Crippen LogP contribution >= 0.6 is 11.8 Å². The smallest absolute Gasteiger partial charge is 0.469 e. The highest BCUT2D eigenvalue weighted by Crippen LogP contribution is 2.28. The maximum atomic E-state index is 12.3. The molecule has 12 nitrogen and oxygen atoms in total. The highest BCUT2D eigenvalue weighted by Gasteiger charge is 2.43. The number of carbonyl (C=O) groups excluding carboxylic acids is 7. The van der Waals surface area contributed by atoms with Gasteiger partial charge in [0.15, 0.2) is 17.0 Å². The average Bonchev–Trinajstić information content (AvgIpc) is 2.80. The van der Waals surface area contributed by atoms with E-state index in [2.05, 4.69) is 15.4 Å². The van der Waals surface area contributed by atoms with Gasteiger partial charge in [-0.15, -0.1) is 0 Å². The Hall–Kier alpha value is -2.96. The minimum atomic E-state index is -1.03. The van der Waals surface area contributed by atoms with Gasteiger partial charge in [-0.05, 0) is 6.92 Å². The highest BCUT2D eigenvalue weighted by molar-refractivity contribution is 8.13. The normalized spacial score (nSPS) is 17.3. The van der Waals surface area contributed by atoms with Crippen LogP contribution in [0.2, 0.25) is 0 Å². The fourth-order valence-corrected chi connectivity index (χ4v) is 3.66. The van der Waals surface area contributed by atoms with E-state index in [9.17, 15) is 33.6 Å². The number of ketones is 2. The van der Waals surface area contributed by atoms with E-state index in [1.54, 1.807) is 13.8 Å². The number of methoxy groups -OCH3 is 1. The molecule has 0 radical (unpaired) electrons. The second kappa shape index (κ2) is 14.4. The van der Waals surface area contributed by atoms with Crippen LogP contribution in [0.1, 0.15) is 46.5 Å². The molecule has 2 atom stereocenters. The summed E-state index contributed by atoms with van der Waals surface area (Å²) < 4.78 is 14.1. The minimum absolute atomic E-state index is 0.0233. The van der Waals surface area contributed by atoms with Gasteiger partial charge < -0.3 is 24.8 Å². The molecular weight excluding hydrogens is 484 g/mol. The third-order valence-electron chi connectivity index (χ3n) is 5.09. The Labute approximate surface area is 207 Å². The molecule has 0 spiro atoms. The van der Waals surface area contributed by atoms with Crippen molar-refractivity contribution in [3.8, 4) is 0 Å². The molecule has 2 amide bonds. The van der Waals surface area contributed by atoms with E-state index in [1.807, 2.05) is 0 Å². The summed E-state index contributed by atoms with van der Waals surface area (Å²) in [6.45, 7) is 5.06. The Morgan fingerprint density at radius 2 is 1.77 bits per heavy atom. The summed E-state index contributed by atoms with van der Waals surface area (Å²) in [5.74, 6) is -3.18. The van der Waals surface area contributed by atoms with Crippen molar-refractivity contribution in [3.05, 3.63) is 0 Å². The van der Waals surface area contributed by atoms with Crippen LogP contribution in [0.25, 0.3) is 0 Å². The SMILES string of the molecule is COC(=O)CCC(=O)CC(=O)C(C)C(=O)SCCNC(=O)CCNC(=O)[C@@H]1OC(=O)OCC1(C)C. The van der Waals surface area contributed by atoms with E-state index in [-0.39, 0.29) is 50.6 Å². The molecule has 1 saturated heterocycles. The molecule has 1 unspecified atom stereocenters.